The fourth-order valence-electron chi connectivity index (χ4n) is 2.49. The van der Waals surface area contributed by atoms with Gasteiger partial charge in [-0.25, -0.2) is 0 Å². The third kappa shape index (κ3) is 1.82. The molecule has 19 heavy (non-hydrogen) atoms. The highest BCUT2D eigenvalue weighted by atomic mass is 127. The molecule has 4 aromatic rings. The van der Waals surface area contributed by atoms with E-state index in [4.69, 9.17) is 0 Å². The van der Waals surface area contributed by atoms with Gasteiger partial charge in [-0.3, -0.25) is 0 Å². The van der Waals surface area contributed by atoms with Gasteiger partial charge >= 0.3 is 0 Å². The Kier molecular flexibility index (Phi) is 2.83. The SMILES string of the molecule is Brc1c(I)ccc2sc3cc4ccccc4cc3c12. The predicted molar refractivity (Wildman–Crippen MR) is 97.3 cm³/mol. The Labute approximate surface area is 136 Å². The lowest BCUT2D eigenvalue weighted by Gasteiger charge is -2.00. The zero-order chi connectivity index (χ0) is 13.0. The fraction of sp³-hybridized carbons (Fsp3) is 0. The Morgan fingerprint density at radius 2 is 1.63 bits per heavy atom. The summed E-state index contributed by atoms with van der Waals surface area (Å²) in [5.74, 6) is 0. The molecular formula is C16H8BrIS. The molecule has 0 aliphatic carbocycles. The highest BCUT2D eigenvalue weighted by Crippen LogP contribution is 2.41. The minimum absolute atomic E-state index is 1.21. The normalized spacial score (nSPS) is 11.7. The van der Waals surface area contributed by atoms with E-state index in [0.717, 1.165) is 0 Å². The van der Waals surface area contributed by atoms with Crippen LogP contribution in [0.5, 0.6) is 0 Å². The van der Waals surface area contributed by atoms with Gasteiger partial charge in [-0.05, 0) is 73.6 Å². The molecule has 0 saturated carbocycles. The van der Waals surface area contributed by atoms with Crippen molar-refractivity contribution < 1.29 is 0 Å². The van der Waals surface area contributed by atoms with Crippen molar-refractivity contribution in [3.63, 3.8) is 0 Å². The van der Waals surface area contributed by atoms with Gasteiger partial charge in [0.1, 0.15) is 0 Å². The number of hydrogen-bond acceptors (Lipinski definition) is 1. The highest BCUT2D eigenvalue weighted by Gasteiger charge is 2.11. The Hall–Kier alpha value is -0.650. The second-order valence-electron chi connectivity index (χ2n) is 4.53. The van der Waals surface area contributed by atoms with Gasteiger partial charge < -0.3 is 0 Å². The topological polar surface area (TPSA) is 0 Å². The summed E-state index contributed by atoms with van der Waals surface area (Å²) in [5, 5.41) is 5.31. The van der Waals surface area contributed by atoms with Crippen molar-refractivity contribution in [1.29, 1.82) is 0 Å². The van der Waals surface area contributed by atoms with Crippen LogP contribution < -0.4 is 0 Å². The molecule has 0 unspecified atom stereocenters. The van der Waals surface area contributed by atoms with E-state index >= 15 is 0 Å². The van der Waals surface area contributed by atoms with Crippen LogP contribution in [0.4, 0.5) is 0 Å². The van der Waals surface area contributed by atoms with Gasteiger partial charge in [0.05, 0.1) is 0 Å². The third-order valence-corrected chi connectivity index (χ3v) is 6.98. The zero-order valence-corrected chi connectivity index (χ0v) is 14.3. The summed E-state index contributed by atoms with van der Waals surface area (Å²) in [5.41, 5.74) is 0. The maximum atomic E-state index is 3.74. The molecule has 0 fully saturated rings. The number of hydrogen-bond donors (Lipinski definition) is 0. The number of thiophene rings is 1. The Morgan fingerprint density at radius 1 is 0.895 bits per heavy atom. The average molecular weight is 439 g/mol. The molecule has 0 radical (unpaired) electrons. The maximum absolute atomic E-state index is 3.74. The van der Waals surface area contributed by atoms with Crippen molar-refractivity contribution in [3.05, 3.63) is 56.6 Å². The number of rotatable bonds is 0. The molecule has 1 heterocycles. The third-order valence-electron chi connectivity index (χ3n) is 3.39. The molecule has 3 aromatic carbocycles. The molecule has 0 aliphatic heterocycles. The number of benzene rings is 3. The second-order valence-corrected chi connectivity index (χ2v) is 7.57. The second kappa shape index (κ2) is 4.43. The van der Waals surface area contributed by atoms with Crippen LogP contribution in [0.15, 0.2) is 53.0 Å². The molecule has 4 rings (SSSR count). The molecule has 0 bridgehead atoms. The molecule has 0 amide bonds. The Bertz CT molecular complexity index is 940. The first kappa shape index (κ1) is 12.1. The summed E-state index contributed by atoms with van der Waals surface area (Å²) in [4.78, 5) is 0. The molecule has 0 aliphatic rings. The van der Waals surface area contributed by atoms with Crippen LogP contribution in [0.3, 0.4) is 0 Å². The maximum Gasteiger partial charge on any atom is 0.0401 e. The first-order chi connectivity index (χ1) is 9.24. The van der Waals surface area contributed by atoms with E-state index in [2.05, 4.69) is 87.1 Å². The summed E-state index contributed by atoms with van der Waals surface area (Å²) in [6, 6.07) is 17.6. The van der Waals surface area contributed by atoms with Crippen molar-refractivity contribution in [2.24, 2.45) is 0 Å². The lowest BCUT2D eigenvalue weighted by Crippen LogP contribution is -1.76. The lowest BCUT2D eigenvalue weighted by molar-refractivity contribution is 1.70. The van der Waals surface area contributed by atoms with Crippen molar-refractivity contribution in [2.75, 3.05) is 0 Å². The van der Waals surface area contributed by atoms with Crippen LogP contribution in [-0.4, -0.2) is 0 Å². The summed E-state index contributed by atoms with van der Waals surface area (Å²) in [7, 11) is 0. The van der Waals surface area contributed by atoms with E-state index < -0.39 is 0 Å². The van der Waals surface area contributed by atoms with Crippen molar-refractivity contribution in [1.82, 2.24) is 0 Å². The molecule has 92 valence electrons. The van der Waals surface area contributed by atoms with E-state index in [-0.39, 0.29) is 0 Å². The van der Waals surface area contributed by atoms with Gasteiger partial charge in [0.2, 0.25) is 0 Å². The molecule has 1 aromatic heterocycles. The van der Waals surface area contributed by atoms with Crippen molar-refractivity contribution >= 4 is 80.8 Å². The van der Waals surface area contributed by atoms with Crippen molar-refractivity contribution in [2.45, 2.75) is 0 Å². The Balaban J connectivity index is 2.28. The van der Waals surface area contributed by atoms with Crippen LogP contribution in [0.25, 0.3) is 30.9 Å². The van der Waals surface area contributed by atoms with Gasteiger partial charge in [-0.1, -0.05) is 24.3 Å². The Morgan fingerprint density at radius 3 is 2.42 bits per heavy atom. The molecule has 0 saturated heterocycles. The van der Waals surface area contributed by atoms with Crippen LogP contribution in [0.2, 0.25) is 0 Å². The largest absolute Gasteiger partial charge is 0.135 e. The van der Waals surface area contributed by atoms with E-state index in [1.807, 2.05) is 11.3 Å². The summed E-state index contributed by atoms with van der Waals surface area (Å²) in [6.45, 7) is 0. The standard InChI is InChI=1S/C16H8BrIS/c17-16-12(18)5-6-13-15(16)11-7-9-3-1-2-4-10(9)8-14(11)19-13/h1-8H. The number of fused-ring (bicyclic) bond motifs is 4. The quantitative estimate of drug-likeness (QED) is 0.272. The van der Waals surface area contributed by atoms with Gasteiger partial charge in [-0.15, -0.1) is 11.3 Å². The van der Waals surface area contributed by atoms with Crippen molar-refractivity contribution in [3.8, 4) is 0 Å². The minimum atomic E-state index is 1.21. The summed E-state index contributed by atoms with van der Waals surface area (Å²) in [6.07, 6.45) is 0. The van der Waals surface area contributed by atoms with Crippen LogP contribution >= 0.6 is 49.9 Å². The first-order valence-electron chi connectivity index (χ1n) is 5.93. The highest BCUT2D eigenvalue weighted by molar-refractivity contribution is 14.1. The van der Waals surface area contributed by atoms with Gasteiger partial charge in [-0.2, -0.15) is 0 Å². The van der Waals surface area contributed by atoms with Crippen LogP contribution in [0.1, 0.15) is 0 Å². The first-order valence-corrected chi connectivity index (χ1v) is 8.62. The zero-order valence-electron chi connectivity index (χ0n) is 9.78. The van der Waals surface area contributed by atoms with Crippen LogP contribution in [0, 0.1) is 3.57 Å². The van der Waals surface area contributed by atoms with Crippen LogP contribution in [-0.2, 0) is 0 Å². The fourth-order valence-corrected chi connectivity index (χ4v) is 4.77. The van der Waals surface area contributed by atoms with Gasteiger partial charge in [0.15, 0.2) is 0 Å². The molecule has 0 atom stereocenters. The van der Waals surface area contributed by atoms with Gasteiger partial charge in [0, 0.05) is 28.2 Å². The summed E-state index contributed by atoms with van der Waals surface area (Å²) >= 11 is 7.99. The molecule has 0 nitrogen and oxygen atoms in total. The average Bonchev–Trinajstić information content (AvgIpc) is 2.78. The molecular weight excluding hydrogens is 431 g/mol. The predicted octanol–water partition coefficient (Wildman–Crippen LogP) is 6.57. The van der Waals surface area contributed by atoms with E-state index in [0.29, 0.717) is 0 Å². The smallest absolute Gasteiger partial charge is 0.0401 e. The molecule has 0 spiro atoms. The molecule has 0 N–H and O–H groups in total. The minimum Gasteiger partial charge on any atom is -0.135 e. The van der Waals surface area contributed by atoms with E-state index in [1.165, 1.54) is 39.0 Å². The van der Waals surface area contributed by atoms with E-state index in [9.17, 15) is 0 Å². The summed E-state index contributed by atoms with van der Waals surface area (Å²) < 4.78 is 5.18. The van der Waals surface area contributed by atoms with Gasteiger partial charge in [0.25, 0.3) is 0 Å². The van der Waals surface area contributed by atoms with E-state index in [1.54, 1.807) is 0 Å². The monoisotopic (exact) mass is 438 g/mol. The number of halogens is 2. The molecule has 3 heteroatoms. The lowest BCUT2D eigenvalue weighted by atomic mass is 10.1.